The standard InChI is InChI=1S/C10H18N4O3S/c1-5(2)6(3)12-10(15)8-9(18(11,16)17)7(4)13-14-8/h5-6H,1-4H3,(H,12,15)(H,13,14)(H2,11,16,17). The van der Waals surface area contributed by atoms with Gasteiger partial charge in [0.05, 0.1) is 5.69 Å². The van der Waals surface area contributed by atoms with Crippen LogP contribution in [0.1, 0.15) is 37.0 Å². The van der Waals surface area contributed by atoms with Crippen LogP contribution >= 0.6 is 0 Å². The number of nitrogens with two attached hydrogens (primary N) is 1. The van der Waals surface area contributed by atoms with Crippen molar-refractivity contribution in [3.05, 3.63) is 11.4 Å². The zero-order valence-corrected chi connectivity index (χ0v) is 11.6. The number of aryl methyl sites for hydroxylation is 1. The quantitative estimate of drug-likeness (QED) is 0.723. The number of nitrogens with one attached hydrogen (secondary N) is 2. The highest BCUT2D eigenvalue weighted by atomic mass is 32.2. The first-order valence-corrected chi connectivity index (χ1v) is 7.07. The van der Waals surface area contributed by atoms with E-state index in [1.165, 1.54) is 6.92 Å². The lowest BCUT2D eigenvalue weighted by Gasteiger charge is -2.16. The molecular formula is C10H18N4O3S. The highest BCUT2D eigenvalue weighted by Crippen LogP contribution is 2.16. The molecule has 1 amide bonds. The van der Waals surface area contributed by atoms with Crippen LogP contribution in [0.4, 0.5) is 0 Å². The second-order valence-corrected chi connectivity index (χ2v) is 6.08. The molecular weight excluding hydrogens is 256 g/mol. The van der Waals surface area contributed by atoms with E-state index < -0.39 is 15.9 Å². The first-order valence-electron chi connectivity index (χ1n) is 5.53. The van der Waals surface area contributed by atoms with Gasteiger partial charge in [0.15, 0.2) is 5.69 Å². The molecule has 1 heterocycles. The molecule has 1 aromatic heterocycles. The van der Waals surface area contributed by atoms with Crippen LogP contribution in [0, 0.1) is 12.8 Å². The predicted octanol–water partition coefficient (Wildman–Crippen LogP) is 0.140. The van der Waals surface area contributed by atoms with Gasteiger partial charge in [-0.3, -0.25) is 9.89 Å². The van der Waals surface area contributed by atoms with Crippen LogP contribution in [-0.2, 0) is 10.0 Å². The second-order valence-electron chi connectivity index (χ2n) is 4.58. The fourth-order valence-electron chi connectivity index (χ4n) is 1.36. The van der Waals surface area contributed by atoms with Crippen molar-refractivity contribution in [2.24, 2.45) is 11.1 Å². The fraction of sp³-hybridized carbons (Fsp3) is 0.600. The minimum Gasteiger partial charge on any atom is -0.348 e. The summed E-state index contributed by atoms with van der Waals surface area (Å²) < 4.78 is 22.8. The average molecular weight is 274 g/mol. The van der Waals surface area contributed by atoms with E-state index in [0.717, 1.165) is 0 Å². The van der Waals surface area contributed by atoms with E-state index in [9.17, 15) is 13.2 Å². The second kappa shape index (κ2) is 5.07. The van der Waals surface area contributed by atoms with Gasteiger partial charge in [-0.15, -0.1) is 0 Å². The number of sulfonamides is 1. The molecule has 1 rings (SSSR count). The van der Waals surface area contributed by atoms with E-state index >= 15 is 0 Å². The largest absolute Gasteiger partial charge is 0.348 e. The molecule has 1 aromatic rings. The Bertz CT molecular complexity index is 547. The van der Waals surface area contributed by atoms with Crippen LogP contribution in [0.5, 0.6) is 0 Å². The van der Waals surface area contributed by atoms with E-state index in [0.29, 0.717) is 0 Å². The van der Waals surface area contributed by atoms with Crippen LogP contribution in [0.3, 0.4) is 0 Å². The first-order chi connectivity index (χ1) is 8.14. The maximum absolute atomic E-state index is 11.9. The SMILES string of the molecule is Cc1[nH]nc(C(=O)NC(C)C(C)C)c1S(N)(=O)=O. The number of aromatic nitrogens is 2. The smallest absolute Gasteiger partial charge is 0.273 e. The minimum absolute atomic E-state index is 0.0946. The van der Waals surface area contributed by atoms with Gasteiger partial charge in [-0.1, -0.05) is 13.8 Å². The van der Waals surface area contributed by atoms with Crippen molar-refractivity contribution in [1.82, 2.24) is 15.5 Å². The van der Waals surface area contributed by atoms with Crippen LogP contribution < -0.4 is 10.5 Å². The molecule has 0 fully saturated rings. The summed E-state index contributed by atoms with van der Waals surface area (Å²) in [4.78, 5) is 11.7. The van der Waals surface area contributed by atoms with Gasteiger partial charge in [0.25, 0.3) is 5.91 Å². The maximum Gasteiger partial charge on any atom is 0.273 e. The summed E-state index contributed by atoms with van der Waals surface area (Å²) in [6.45, 7) is 7.22. The number of primary sulfonamides is 1. The number of H-pyrrole nitrogens is 1. The Hall–Kier alpha value is -1.41. The molecule has 102 valence electrons. The van der Waals surface area contributed by atoms with Gasteiger partial charge in [-0.2, -0.15) is 5.10 Å². The summed E-state index contributed by atoms with van der Waals surface area (Å²) in [5, 5.41) is 13.9. The van der Waals surface area contributed by atoms with Crippen LogP contribution in [0.2, 0.25) is 0 Å². The van der Waals surface area contributed by atoms with Gasteiger partial charge in [0.2, 0.25) is 10.0 Å². The lowest BCUT2D eigenvalue weighted by molar-refractivity contribution is 0.0922. The van der Waals surface area contributed by atoms with Gasteiger partial charge in [0, 0.05) is 6.04 Å². The van der Waals surface area contributed by atoms with Crippen LogP contribution in [-0.4, -0.2) is 30.6 Å². The first kappa shape index (κ1) is 14.7. The van der Waals surface area contributed by atoms with Crippen molar-refractivity contribution in [2.75, 3.05) is 0 Å². The summed E-state index contributed by atoms with van der Waals surface area (Å²) in [5.74, 6) is -0.323. The summed E-state index contributed by atoms with van der Waals surface area (Å²) >= 11 is 0. The molecule has 0 saturated heterocycles. The van der Waals surface area contributed by atoms with Gasteiger partial charge in [-0.05, 0) is 19.8 Å². The van der Waals surface area contributed by atoms with E-state index in [4.69, 9.17) is 5.14 Å². The molecule has 1 unspecified atom stereocenters. The fourth-order valence-corrected chi connectivity index (χ4v) is 2.24. The summed E-state index contributed by atoms with van der Waals surface area (Å²) in [6, 6.07) is -0.0946. The van der Waals surface area contributed by atoms with Crippen molar-refractivity contribution in [1.29, 1.82) is 0 Å². The molecule has 0 aliphatic heterocycles. The molecule has 0 saturated carbocycles. The molecule has 1 atom stereocenters. The lowest BCUT2D eigenvalue weighted by atomic mass is 10.1. The molecule has 0 aliphatic carbocycles. The Morgan fingerprint density at radius 1 is 1.39 bits per heavy atom. The topological polar surface area (TPSA) is 118 Å². The van der Waals surface area contributed by atoms with Crippen LogP contribution in [0.25, 0.3) is 0 Å². The van der Waals surface area contributed by atoms with Gasteiger partial charge < -0.3 is 5.32 Å². The zero-order chi connectivity index (χ0) is 14.1. The van der Waals surface area contributed by atoms with Gasteiger partial charge >= 0.3 is 0 Å². The molecule has 8 heteroatoms. The van der Waals surface area contributed by atoms with Gasteiger partial charge in [-0.25, -0.2) is 13.6 Å². The number of rotatable bonds is 4. The molecule has 0 aromatic carbocycles. The highest BCUT2D eigenvalue weighted by Gasteiger charge is 2.26. The van der Waals surface area contributed by atoms with Crippen molar-refractivity contribution in [2.45, 2.75) is 38.6 Å². The zero-order valence-electron chi connectivity index (χ0n) is 10.8. The lowest BCUT2D eigenvalue weighted by Crippen LogP contribution is -2.37. The molecule has 0 bridgehead atoms. The minimum atomic E-state index is -3.98. The number of hydrogen-bond donors (Lipinski definition) is 3. The number of amides is 1. The maximum atomic E-state index is 11.9. The molecule has 0 aliphatic rings. The Kier molecular flexibility index (Phi) is 4.12. The summed E-state index contributed by atoms with van der Waals surface area (Å²) in [6.07, 6.45) is 0. The monoisotopic (exact) mass is 274 g/mol. The third kappa shape index (κ3) is 3.08. The third-order valence-electron chi connectivity index (χ3n) is 2.75. The van der Waals surface area contributed by atoms with Crippen molar-refractivity contribution < 1.29 is 13.2 Å². The molecule has 7 nitrogen and oxygen atoms in total. The van der Waals surface area contributed by atoms with E-state index in [2.05, 4.69) is 15.5 Å². The number of carbonyl (C=O) groups is 1. The number of hydrogen-bond acceptors (Lipinski definition) is 4. The Morgan fingerprint density at radius 2 is 1.94 bits per heavy atom. The van der Waals surface area contributed by atoms with Crippen molar-refractivity contribution in [3.63, 3.8) is 0 Å². The summed E-state index contributed by atoms with van der Waals surface area (Å²) in [5.41, 5.74) is 0.0577. The van der Waals surface area contributed by atoms with Crippen molar-refractivity contribution in [3.8, 4) is 0 Å². The Labute approximate surface area is 106 Å². The van der Waals surface area contributed by atoms with Crippen LogP contribution in [0.15, 0.2) is 4.90 Å². The normalized spacial score (nSPS) is 13.7. The Balaban J connectivity index is 3.09. The number of carbonyl (C=O) groups excluding carboxylic acids is 1. The Morgan fingerprint density at radius 3 is 2.39 bits per heavy atom. The molecule has 18 heavy (non-hydrogen) atoms. The van der Waals surface area contributed by atoms with E-state index in [-0.39, 0.29) is 28.2 Å². The molecule has 4 N–H and O–H groups in total. The van der Waals surface area contributed by atoms with Gasteiger partial charge in [0.1, 0.15) is 4.90 Å². The van der Waals surface area contributed by atoms with E-state index in [1.54, 1.807) is 0 Å². The molecule has 0 spiro atoms. The third-order valence-corrected chi connectivity index (χ3v) is 3.82. The summed E-state index contributed by atoms with van der Waals surface area (Å²) in [7, 11) is -3.98. The average Bonchev–Trinajstić information content (AvgIpc) is 2.59. The van der Waals surface area contributed by atoms with E-state index in [1.807, 2.05) is 20.8 Å². The predicted molar refractivity (Wildman–Crippen MR) is 66.5 cm³/mol. The number of nitrogens with zero attached hydrogens (tertiary/aromatic N) is 1. The highest BCUT2D eigenvalue weighted by molar-refractivity contribution is 7.89. The number of aromatic amines is 1. The van der Waals surface area contributed by atoms with Crippen molar-refractivity contribution >= 4 is 15.9 Å². The molecule has 0 radical (unpaired) electrons.